The van der Waals surface area contributed by atoms with Gasteiger partial charge in [-0.3, -0.25) is 14.7 Å². The molecule has 2 amide bonds. The van der Waals surface area contributed by atoms with Crippen LogP contribution in [0.25, 0.3) is 0 Å². The third-order valence-corrected chi connectivity index (χ3v) is 7.75. The molecule has 1 saturated carbocycles. The van der Waals surface area contributed by atoms with Crippen LogP contribution in [0.1, 0.15) is 63.0 Å². The summed E-state index contributed by atoms with van der Waals surface area (Å²) < 4.78 is 5.54. The highest BCUT2D eigenvalue weighted by Gasteiger charge is 2.30. The predicted octanol–water partition coefficient (Wildman–Crippen LogP) is 4.53. The largest absolute Gasteiger partial charge is 0.448 e. The van der Waals surface area contributed by atoms with Crippen molar-refractivity contribution in [3.63, 3.8) is 0 Å². The summed E-state index contributed by atoms with van der Waals surface area (Å²) in [5.74, 6) is 0.405. The summed E-state index contributed by atoms with van der Waals surface area (Å²) in [7, 11) is 0. The van der Waals surface area contributed by atoms with E-state index in [0.29, 0.717) is 29.6 Å². The highest BCUT2D eigenvalue weighted by Crippen LogP contribution is 2.39. The van der Waals surface area contributed by atoms with E-state index in [1.165, 1.54) is 17.5 Å². The van der Waals surface area contributed by atoms with E-state index in [1.807, 2.05) is 18.3 Å². The molecule has 3 heterocycles. The number of piperazine rings is 1. The molecular weight excluding hydrogens is 518 g/mol. The van der Waals surface area contributed by atoms with E-state index in [9.17, 15) is 9.59 Å². The first kappa shape index (κ1) is 26.6. The van der Waals surface area contributed by atoms with Gasteiger partial charge in [-0.05, 0) is 68.0 Å². The smallest absolute Gasteiger partial charge is 0.277 e. The number of para-hydroxylation sites is 1. The molecule has 2 aromatic carbocycles. The van der Waals surface area contributed by atoms with E-state index in [4.69, 9.17) is 4.42 Å². The fourth-order valence-corrected chi connectivity index (χ4v) is 5.27. The van der Waals surface area contributed by atoms with Gasteiger partial charge in [0, 0.05) is 56.1 Å². The first-order valence-corrected chi connectivity index (χ1v) is 14.3. The Morgan fingerprint density at radius 2 is 1.80 bits per heavy atom. The first-order chi connectivity index (χ1) is 20.0. The Hall–Kier alpha value is -4.60. The van der Waals surface area contributed by atoms with Crippen molar-refractivity contribution in [2.45, 2.75) is 38.5 Å². The van der Waals surface area contributed by atoms with Gasteiger partial charge in [0.15, 0.2) is 11.6 Å². The van der Waals surface area contributed by atoms with Crippen molar-refractivity contribution in [1.29, 1.82) is 0 Å². The summed E-state index contributed by atoms with van der Waals surface area (Å²) in [5, 5.41) is 12.8. The highest BCUT2D eigenvalue weighted by atomic mass is 16.3. The third kappa shape index (κ3) is 6.26. The van der Waals surface area contributed by atoms with Gasteiger partial charge in [-0.15, -0.1) is 0 Å². The SMILES string of the molecule is Cc1ccccc1N1CCN(c2ccc(C(=O)NCCCc3cn[nH]c3)cc2NC(=O)c2coc(C3CC3)n2)CC1. The van der Waals surface area contributed by atoms with Crippen LogP contribution in [0.4, 0.5) is 17.1 Å². The number of nitrogens with zero attached hydrogens (tertiary/aromatic N) is 4. The number of amides is 2. The Bertz CT molecular complexity index is 1500. The lowest BCUT2D eigenvalue weighted by Gasteiger charge is -2.38. The number of aryl methyl sites for hydroxylation is 2. The number of hydrogen-bond acceptors (Lipinski definition) is 7. The number of nitrogens with one attached hydrogen (secondary N) is 3. The average molecular weight is 554 g/mol. The molecule has 1 aliphatic heterocycles. The van der Waals surface area contributed by atoms with Crippen LogP contribution in [-0.4, -0.2) is 59.7 Å². The maximum Gasteiger partial charge on any atom is 0.277 e. The van der Waals surface area contributed by atoms with E-state index in [0.717, 1.165) is 63.1 Å². The van der Waals surface area contributed by atoms with Crippen LogP contribution in [0.3, 0.4) is 0 Å². The molecule has 0 atom stereocenters. The number of hydrogen-bond donors (Lipinski definition) is 3. The van der Waals surface area contributed by atoms with Gasteiger partial charge in [0.2, 0.25) is 0 Å². The zero-order valence-electron chi connectivity index (χ0n) is 23.2. The number of aromatic nitrogens is 3. The number of H-pyrrole nitrogens is 1. The molecule has 1 saturated heterocycles. The molecule has 0 spiro atoms. The number of benzene rings is 2. The highest BCUT2D eigenvalue weighted by molar-refractivity contribution is 6.06. The van der Waals surface area contributed by atoms with Crippen LogP contribution < -0.4 is 20.4 Å². The molecule has 0 bridgehead atoms. The summed E-state index contributed by atoms with van der Waals surface area (Å²) in [6.07, 6.45) is 8.77. The van der Waals surface area contributed by atoms with Gasteiger partial charge in [0.1, 0.15) is 6.26 Å². The lowest BCUT2D eigenvalue weighted by atomic mass is 10.1. The van der Waals surface area contributed by atoms with Crippen LogP contribution in [0.5, 0.6) is 0 Å². The number of rotatable bonds is 10. The second kappa shape index (κ2) is 11.9. The molecule has 10 heteroatoms. The Balaban J connectivity index is 1.17. The number of aromatic amines is 1. The van der Waals surface area contributed by atoms with E-state index in [1.54, 1.807) is 12.3 Å². The van der Waals surface area contributed by atoms with Crippen molar-refractivity contribution in [3.05, 3.63) is 89.4 Å². The molecule has 2 aliphatic rings. The summed E-state index contributed by atoms with van der Waals surface area (Å²) in [4.78, 5) is 35.3. The molecule has 3 N–H and O–H groups in total. The second-order valence-electron chi connectivity index (χ2n) is 10.8. The molecular formula is C31H35N7O3. The van der Waals surface area contributed by atoms with Gasteiger partial charge in [-0.2, -0.15) is 5.10 Å². The van der Waals surface area contributed by atoms with Gasteiger partial charge in [0.05, 0.1) is 17.6 Å². The zero-order valence-corrected chi connectivity index (χ0v) is 23.2. The van der Waals surface area contributed by atoms with Crippen molar-refractivity contribution >= 4 is 28.9 Å². The van der Waals surface area contributed by atoms with Crippen molar-refractivity contribution in [3.8, 4) is 0 Å². The Morgan fingerprint density at radius 3 is 2.54 bits per heavy atom. The van der Waals surface area contributed by atoms with Gasteiger partial charge in [-0.1, -0.05) is 18.2 Å². The fourth-order valence-electron chi connectivity index (χ4n) is 5.27. The molecule has 2 aromatic heterocycles. The molecule has 1 aliphatic carbocycles. The molecule has 2 fully saturated rings. The van der Waals surface area contributed by atoms with Crippen LogP contribution in [0, 0.1) is 6.92 Å². The van der Waals surface area contributed by atoms with Crippen LogP contribution in [-0.2, 0) is 6.42 Å². The summed E-state index contributed by atoms with van der Waals surface area (Å²) in [6.45, 7) is 5.95. The average Bonchev–Trinajstić information content (AvgIpc) is 3.48. The summed E-state index contributed by atoms with van der Waals surface area (Å²) in [5.41, 5.74) is 5.81. The standard InChI is InChI=1S/C31H35N7O3/c1-21-5-2-3-7-27(21)37-13-15-38(16-14-37)28-11-10-24(29(39)32-12-4-6-22-18-33-34-19-22)17-25(28)35-30(40)26-20-41-31(36-26)23-8-9-23/h2-3,5,7,10-11,17-20,23H,4,6,8-9,12-16H2,1H3,(H,32,39)(H,33,34)(H,35,40). The fraction of sp³-hybridized carbons (Fsp3) is 0.355. The van der Waals surface area contributed by atoms with Gasteiger partial charge >= 0.3 is 0 Å². The van der Waals surface area contributed by atoms with Crippen molar-refractivity contribution in [2.24, 2.45) is 0 Å². The molecule has 4 aromatic rings. The van der Waals surface area contributed by atoms with Crippen LogP contribution in [0.2, 0.25) is 0 Å². The molecule has 6 rings (SSSR count). The monoisotopic (exact) mass is 553 g/mol. The molecule has 10 nitrogen and oxygen atoms in total. The number of oxazole rings is 1. The van der Waals surface area contributed by atoms with E-state index < -0.39 is 0 Å². The molecule has 0 unspecified atom stereocenters. The normalized spacial score (nSPS) is 15.1. The maximum absolute atomic E-state index is 13.2. The summed E-state index contributed by atoms with van der Waals surface area (Å²) in [6, 6.07) is 13.9. The molecule has 41 heavy (non-hydrogen) atoms. The van der Waals surface area contributed by atoms with Gasteiger partial charge in [0.25, 0.3) is 11.8 Å². The van der Waals surface area contributed by atoms with Crippen molar-refractivity contribution in [2.75, 3.05) is 47.8 Å². The van der Waals surface area contributed by atoms with Gasteiger partial charge in [-0.25, -0.2) is 4.98 Å². The topological polar surface area (TPSA) is 119 Å². The Labute approximate surface area is 239 Å². The minimum absolute atomic E-state index is 0.180. The van der Waals surface area contributed by atoms with E-state index >= 15 is 0 Å². The van der Waals surface area contributed by atoms with Crippen LogP contribution in [0.15, 0.2) is 65.5 Å². The lowest BCUT2D eigenvalue weighted by molar-refractivity contribution is 0.0951. The summed E-state index contributed by atoms with van der Waals surface area (Å²) >= 11 is 0. The number of anilines is 3. The second-order valence-corrected chi connectivity index (χ2v) is 10.8. The minimum atomic E-state index is -0.349. The lowest BCUT2D eigenvalue weighted by Crippen LogP contribution is -2.47. The number of carbonyl (C=O) groups is 2. The zero-order chi connectivity index (χ0) is 28.2. The third-order valence-electron chi connectivity index (χ3n) is 7.75. The maximum atomic E-state index is 13.2. The predicted molar refractivity (Wildman–Crippen MR) is 158 cm³/mol. The van der Waals surface area contributed by atoms with Gasteiger partial charge < -0.3 is 24.9 Å². The van der Waals surface area contributed by atoms with Crippen molar-refractivity contribution in [1.82, 2.24) is 20.5 Å². The quantitative estimate of drug-likeness (QED) is 0.247. The Morgan fingerprint density at radius 1 is 1.02 bits per heavy atom. The minimum Gasteiger partial charge on any atom is -0.448 e. The number of carbonyl (C=O) groups excluding carboxylic acids is 2. The van der Waals surface area contributed by atoms with Crippen LogP contribution >= 0.6 is 0 Å². The first-order valence-electron chi connectivity index (χ1n) is 14.3. The Kier molecular flexibility index (Phi) is 7.71. The van der Waals surface area contributed by atoms with Crippen molar-refractivity contribution < 1.29 is 14.0 Å². The molecule has 0 radical (unpaired) electrons. The van der Waals surface area contributed by atoms with E-state index in [-0.39, 0.29) is 17.5 Å². The van der Waals surface area contributed by atoms with E-state index in [2.05, 4.69) is 66.8 Å². The molecule has 212 valence electrons.